The Bertz CT molecular complexity index is 856. The summed E-state index contributed by atoms with van der Waals surface area (Å²) < 4.78 is 18.8. The number of aromatic nitrogens is 1. The number of ether oxygens (including phenoxy) is 1. The summed E-state index contributed by atoms with van der Waals surface area (Å²) in [4.78, 5) is 18.6. The lowest BCUT2D eigenvalue weighted by molar-refractivity contribution is 0.0601. The molecule has 0 saturated carbocycles. The second-order valence-corrected chi connectivity index (χ2v) is 7.02. The van der Waals surface area contributed by atoms with Crippen LogP contribution in [0.3, 0.4) is 0 Å². The third kappa shape index (κ3) is 3.79. The van der Waals surface area contributed by atoms with Gasteiger partial charge in [-0.15, -0.1) is 0 Å². The number of likely N-dealkylation sites (tertiary alicyclic amines) is 1. The predicted octanol–water partition coefficient (Wildman–Crippen LogP) is 2.54. The number of hydrazine groups is 1. The lowest BCUT2D eigenvalue weighted by Crippen LogP contribution is -2.41. The van der Waals surface area contributed by atoms with Crippen LogP contribution in [0.15, 0.2) is 36.7 Å². The molecule has 3 heterocycles. The number of esters is 1. The maximum absolute atomic E-state index is 13.9. The first kappa shape index (κ1) is 18.6. The first-order chi connectivity index (χ1) is 13.7. The van der Waals surface area contributed by atoms with E-state index < -0.39 is 5.97 Å². The van der Waals surface area contributed by atoms with E-state index in [0.29, 0.717) is 11.3 Å². The number of nitrogens with one attached hydrogen (secondary N) is 2. The zero-order chi connectivity index (χ0) is 19.5. The number of hydrogen-bond donors (Lipinski definition) is 2. The molecule has 2 N–H and O–H groups in total. The standard InChI is InChI=1S/C20H24FN5O2/c1-28-20(27)15-6-7-22-13-17(15)23-19-16-12-14(21)4-5-18(16)26(24-19)11-10-25-8-2-3-9-25/h4-7,12-13,19,23-24H,2-3,8-11H2,1H3. The maximum atomic E-state index is 13.9. The summed E-state index contributed by atoms with van der Waals surface area (Å²) in [6, 6.07) is 6.37. The third-order valence-corrected chi connectivity index (χ3v) is 5.24. The van der Waals surface area contributed by atoms with Gasteiger partial charge in [0.25, 0.3) is 0 Å². The number of rotatable bonds is 6. The van der Waals surface area contributed by atoms with E-state index in [0.717, 1.165) is 37.4 Å². The zero-order valence-corrected chi connectivity index (χ0v) is 15.8. The first-order valence-corrected chi connectivity index (χ1v) is 9.50. The number of carbonyl (C=O) groups excluding carboxylic acids is 1. The number of methoxy groups -OCH3 is 1. The highest BCUT2D eigenvalue weighted by atomic mass is 19.1. The van der Waals surface area contributed by atoms with E-state index in [9.17, 15) is 9.18 Å². The summed E-state index contributed by atoms with van der Waals surface area (Å²) in [7, 11) is 1.34. The summed E-state index contributed by atoms with van der Waals surface area (Å²) in [5.41, 5.74) is 6.03. The smallest absolute Gasteiger partial charge is 0.340 e. The topological polar surface area (TPSA) is 69.7 Å². The number of fused-ring (bicyclic) bond motifs is 1. The Hall–Kier alpha value is -2.71. The molecular weight excluding hydrogens is 361 g/mol. The third-order valence-electron chi connectivity index (χ3n) is 5.24. The monoisotopic (exact) mass is 385 g/mol. The van der Waals surface area contributed by atoms with Crippen molar-refractivity contribution in [3.05, 3.63) is 53.6 Å². The predicted molar refractivity (Wildman–Crippen MR) is 104 cm³/mol. The molecule has 7 nitrogen and oxygen atoms in total. The fraction of sp³-hybridized carbons (Fsp3) is 0.400. The maximum Gasteiger partial charge on any atom is 0.340 e. The van der Waals surface area contributed by atoms with Crippen LogP contribution < -0.4 is 15.8 Å². The van der Waals surface area contributed by atoms with Crippen LogP contribution in [-0.2, 0) is 4.74 Å². The summed E-state index contributed by atoms with van der Waals surface area (Å²) in [6.07, 6.45) is 5.22. The molecule has 1 atom stereocenters. The van der Waals surface area contributed by atoms with Crippen molar-refractivity contribution < 1.29 is 13.9 Å². The van der Waals surface area contributed by atoms with Gasteiger partial charge in [-0.05, 0) is 50.2 Å². The molecule has 1 aromatic carbocycles. The van der Waals surface area contributed by atoms with E-state index in [1.165, 1.54) is 38.3 Å². The largest absolute Gasteiger partial charge is 0.465 e. The van der Waals surface area contributed by atoms with E-state index in [1.54, 1.807) is 18.3 Å². The summed E-state index contributed by atoms with van der Waals surface area (Å²) in [5, 5.41) is 5.31. The van der Waals surface area contributed by atoms with Gasteiger partial charge in [0.1, 0.15) is 12.0 Å². The van der Waals surface area contributed by atoms with E-state index in [4.69, 9.17) is 4.74 Å². The molecule has 0 spiro atoms. The van der Waals surface area contributed by atoms with Crippen molar-refractivity contribution in [3.63, 3.8) is 0 Å². The van der Waals surface area contributed by atoms with Crippen molar-refractivity contribution in [1.82, 2.24) is 15.3 Å². The van der Waals surface area contributed by atoms with Crippen molar-refractivity contribution in [3.8, 4) is 0 Å². The average molecular weight is 385 g/mol. The van der Waals surface area contributed by atoms with Crippen LogP contribution in [0, 0.1) is 5.82 Å². The van der Waals surface area contributed by atoms with Gasteiger partial charge < -0.3 is 20.0 Å². The van der Waals surface area contributed by atoms with Crippen LogP contribution in [0.5, 0.6) is 0 Å². The lowest BCUT2D eigenvalue weighted by atomic mass is 10.1. The van der Waals surface area contributed by atoms with E-state index >= 15 is 0 Å². The van der Waals surface area contributed by atoms with Gasteiger partial charge in [-0.3, -0.25) is 4.98 Å². The molecule has 0 bridgehead atoms. The molecule has 1 fully saturated rings. The Labute approximate surface area is 163 Å². The van der Waals surface area contributed by atoms with Crippen LogP contribution in [0.4, 0.5) is 15.8 Å². The average Bonchev–Trinajstić information content (AvgIpc) is 3.34. The van der Waals surface area contributed by atoms with Crippen LogP contribution in [-0.4, -0.2) is 49.1 Å². The zero-order valence-electron chi connectivity index (χ0n) is 15.8. The Morgan fingerprint density at radius 1 is 1.32 bits per heavy atom. The van der Waals surface area contributed by atoms with Crippen molar-refractivity contribution >= 4 is 17.3 Å². The van der Waals surface area contributed by atoms with Gasteiger partial charge in [0.05, 0.1) is 30.2 Å². The fourth-order valence-corrected chi connectivity index (χ4v) is 3.79. The molecule has 1 aromatic heterocycles. The molecule has 1 unspecified atom stereocenters. The number of hydrogen-bond acceptors (Lipinski definition) is 7. The van der Waals surface area contributed by atoms with Crippen LogP contribution in [0.25, 0.3) is 0 Å². The Kier molecular flexibility index (Phi) is 5.40. The number of benzene rings is 1. The van der Waals surface area contributed by atoms with Crippen molar-refractivity contribution in [2.75, 3.05) is 43.6 Å². The quantitative estimate of drug-likeness (QED) is 0.741. The van der Waals surface area contributed by atoms with Crippen LogP contribution >= 0.6 is 0 Å². The van der Waals surface area contributed by atoms with Crippen molar-refractivity contribution in [2.24, 2.45) is 0 Å². The molecule has 0 amide bonds. The van der Waals surface area contributed by atoms with Crippen LogP contribution in [0.1, 0.15) is 34.9 Å². The Morgan fingerprint density at radius 3 is 2.93 bits per heavy atom. The van der Waals surface area contributed by atoms with E-state index in [2.05, 4.69) is 20.6 Å². The number of nitrogens with zero attached hydrogens (tertiary/aromatic N) is 3. The van der Waals surface area contributed by atoms with Gasteiger partial charge in [0.2, 0.25) is 0 Å². The number of halogens is 1. The summed E-state index contributed by atoms with van der Waals surface area (Å²) in [5.74, 6) is -0.749. The lowest BCUT2D eigenvalue weighted by Gasteiger charge is -2.24. The fourth-order valence-electron chi connectivity index (χ4n) is 3.79. The van der Waals surface area contributed by atoms with Gasteiger partial charge in [0, 0.05) is 24.8 Å². The van der Waals surface area contributed by atoms with E-state index in [-0.39, 0.29) is 12.0 Å². The first-order valence-electron chi connectivity index (χ1n) is 9.50. The number of anilines is 2. The highest BCUT2D eigenvalue weighted by molar-refractivity contribution is 5.95. The number of pyridine rings is 1. The highest BCUT2D eigenvalue weighted by Gasteiger charge is 2.30. The minimum atomic E-state index is -0.451. The molecule has 8 heteroatoms. The molecule has 2 aliphatic heterocycles. The summed E-state index contributed by atoms with van der Waals surface area (Å²) in [6.45, 7) is 3.98. The Morgan fingerprint density at radius 2 is 2.14 bits per heavy atom. The molecule has 2 aliphatic rings. The number of carbonyl (C=O) groups is 1. The van der Waals surface area contributed by atoms with Gasteiger partial charge in [0.15, 0.2) is 0 Å². The second kappa shape index (κ2) is 8.12. The molecule has 1 saturated heterocycles. The molecule has 148 valence electrons. The summed E-state index contributed by atoms with van der Waals surface area (Å²) >= 11 is 0. The molecule has 4 rings (SSSR count). The molecule has 2 aromatic rings. The normalized spacial score (nSPS) is 18.9. The molecular formula is C20H24FN5O2. The highest BCUT2D eigenvalue weighted by Crippen LogP contribution is 2.34. The van der Waals surface area contributed by atoms with Gasteiger partial charge in [-0.1, -0.05) is 0 Å². The Balaban J connectivity index is 1.55. The van der Waals surface area contributed by atoms with Crippen molar-refractivity contribution in [2.45, 2.75) is 19.0 Å². The van der Waals surface area contributed by atoms with Gasteiger partial charge >= 0.3 is 5.97 Å². The second-order valence-electron chi connectivity index (χ2n) is 7.02. The van der Waals surface area contributed by atoms with Gasteiger partial charge in [-0.25, -0.2) is 14.6 Å². The molecule has 0 aliphatic carbocycles. The van der Waals surface area contributed by atoms with Crippen LogP contribution in [0.2, 0.25) is 0 Å². The van der Waals surface area contributed by atoms with E-state index in [1.807, 2.05) is 5.01 Å². The van der Waals surface area contributed by atoms with Gasteiger partial charge in [-0.2, -0.15) is 0 Å². The minimum absolute atomic E-state index is 0.298. The SMILES string of the molecule is COC(=O)c1ccncc1NC1NN(CCN2CCCC2)c2ccc(F)cc21. The van der Waals surface area contributed by atoms with Crippen molar-refractivity contribution in [1.29, 1.82) is 0 Å². The molecule has 0 radical (unpaired) electrons. The molecule has 28 heavy (non-hydrogen) atoms. The minimum Gasteiger partial charge on any atom is -0.465 e.